The fourth-order valence-corrected chi connectivity index (χ4v) is 11.9. The third kappa shape index (κ3) is 6.71. The minimum atomic E-state index is -2.66. The fraction of sp³-hybridized carbons (Fsp3) is 0.372. The van der Waals surface area contributed by atoms with Gasteiger partial charge in [-0.1, -0.05) is 158 Å². The zero-order chi connectivity index (χ0) is 33.2. The van der Waals surface area contributed by atoms with Crippen LogP contribution in [0.3, 0.4) is 0 Å². The van der Waals surface area contributed by atoms with Crippen molar-refractivity contribution in [2.45, 2.75) is 103 Å². The second-order valence-corrected chi connectivity index (χ2v) is 19.8. The van der Waals surface area contributed by atoms with Gasteiger partial charge in [-0.15, -0.1) is 0 Å². The normalized spacial score (nSPS) is 16.7. The molecule has 0 spiro atoms. The van der Waals surface area contributed by atoms with Gasteiger partial charge in [0.25, 0.3) is 8.32 Å². The molecule has 238 valence electrons. The van der Waals surface area contributed by atoms with E-state index >= 15 is 0 Å². The summed E-state index contributed by atoms with van der Waals surface area (Å²) in [5, 5.41) is 12.8. The van der Waals surface area contributed by atoms with E-state index in [4.69, 9.17) is 4.43 Å². The van der Waals surface area contributed by atoms with Crippen LogP contribution in [-0.2, 0) is 21.9 Å². The van der Waals surface area contributed by atoms with Gasteiger partial charge in [-0.3, -0.25) is 0 Å². The quantitative estimate of drug-likeness (QED) is 0.173. The highest BCUT2D eigenvalue weighted by Gasteiger charge is 2.50. The topological polar surface area (TPSA) is 33.0 Å². The standard InChI is InChI=1S/C43H51NOSi/c1-32(34-24-25-39-40(29-34)43(7,8)27-26-42(39,5)6)22-23-36(30-44)35-17-15-16-33(28-35)31-45-46(41(2,3)4,37-18-11-9-12-19-37)38-20-13-10-14-21-38/h9-22,24-25,28-29,36H,23,26-27,31H2,1-8H3. The molecule has 3 heteroatoms. The van der Waals surface area contributed by atoms with Gasteiger partial charge in [0.05, 0.1) is 18.6 Å². The smallest absolute Gasteiger partial charge is 0.261 e. The molecule has 0 N–H and O–H groups in total. The van der Waals surface area contributed by atoms with Crippen LogP contribution in [0.4, 0.5) is 0 Å². The summed E-state index contributed by atoms with van der Waals surface area (Å²) < 4.78 is 7.20. The molecule has 1 unspecified atom stereocenters. The van der Waals surface area contributed by atoms with E-state index in [1.54, 1.807) is 0 Å². The van der Waals surface area contributed by atoms with Gasteiger partial charge < -0.3 is 4.43 Å². The van der Waals surface area contributed by atoms with Gasteiger partial charge in [0.15, 0.2) is 0 Å². The third-order valence-corrected chi connectivity index (χ3v) is 15.3. The van der Waals surface area contributed by atoms with Crippen LogP contribution in [0.15, 0.2) is 109 Å². The van der Waals surface area contributed by atoms with E-state index in [0.717, 1.165) is 11.1 Å². The molecule has 2 nitrogen and oxygen atoms in total. The molecule has 46 heavy (non-hydrogen) atoms. The predicted molar refractivity (Wildman–Crippen MR) is 197 cm³/mol. The van der Waals surface area contributed by atoms with Crippen LogP contribution in [0.1, 0.15) is 108 Å². The van der Waals surface area contributed by atoms with Crippen LogP contribution in [0, 0.1) is 11.3 Å². The van der Waals surface area contributed by atoms with E-state index in [-0.39, 0.29) is 21.8 Å². The fourth-order valence-electron chi connectivity index (χ4n) is 7.36. The molecule has 1 atom stereocenters. The lowest BCUT2D eigenvalue weighted by Gasteiger charge is -2.43. The van der Waals surface area contributed by atoms with Gasteiger partial charge in [-0.05, 0) is 85.8 Å². The van der Waals surface area contributed by atoms with Crippen molar-refractivity contribution in [3.8, 4) is 6.07 Å². The summed E-state index contributed by atoms with van der Waals surface area (Å²) in [4.78, 5) is 0. The SMILES string of the molecule is CC(=CCC(C#N)c1cccc(CO[Si](c2ccccc2)(c2ccccc2)C(C)(C)C)c1)c1ccc2c(c1)C(C)(C)CCC2(C)C. The summed E-state index contributed by atoms with van der Waals surface area (Å²) in [5.74, 6) is -0.226. The van der Waals surface area contributed by atoms with Crippen LogP contribution in [-0.4, -0.2) is 8.32 Å². The first-order valence-corrected chi connectivity index (χ1v) is 18.7. The highest BCUT2D eigenvalue weighted by molar-refractivity contribution is 6.99. The number of fused-ring (bicyclic) bond motifs is 1. The highest BCUT2D eigenvalue weighted by atomic mass is 28.4. The summed E-state index contributed by atoms with van der Waals surface area (Å²) in [6, 6.07) is 39.6. The Morgan fingerprint density at radius 1 is 0.804 bits per heavy atom. The average molecular weight is 626 g/mol. The Morgan fingerprint density at radius 2 is 1.39 bits per heavy atom. The number of nitrogens with zero attached hydrogens (tertiary/aromatic N) is 1. The van der Waals surface area contributed by atoms with Gasteiger partial charge in [-0.2, -0.15) is 5.26 Å². The number of hydrogen-bond acceptors (Lipinski definition) is 2. The maximum Gasteiger partial charge on any atom is 0.261 e. The molecule has 0 aliphatic heterocycles. The van der Waals surface area contributed by atoms with E-state index in [2.05, 4.69) is 171 Å². The molecule has 0 radical (unpaired) electrons. The van der Waals surface area contributed by atoms with Crippen LogP contribution in [0.2, 0.25) is 5.04 Å². The Bertz CT molecular complexity index is 1680. The van der Waals surface area contributed by atoms with Crippen LogP contribution in [0.25, 0.3) is 5.57 Å². The molecule has 1 aliphatic carbocycles. The van der Waals surface area contributed by atoms with Crippen molar-refractivity contribution in [1.29, 1.82) is 5.26 Å². The largest absolute Gasteiger partial charge is 0.403 e. The molecule has 0 saturated carbocycles. The summed E-state index contributed by atoms with van der Waals surface area (Å²) in [6.07, 6.45) is 5.34. The Balaban J connectivity index is 1.39. The van der Waals surface area contributed by atoms with Gasteiger partial charge >= 0.3 is 0 Å². The maximum absolute atomic E-state index is 10.3. The molecule has 0 aromatic heterocycles. The second kappa shape index (κ2) is 13.2. The molecule has 0 saturated heterocycles. The van der Waals surface area contributed by atoms with Crippen molar-refractivity contribution in [1.82, 2.24) is 0 Å². The lowest BCUT2D eigenvalue weighted by atomic mass is 9.63. The summed E-state index contributed by atoms with van der Waals surface area (Å²) in [5.41, 5.74) is 7.97. The number of allylic oxidation sites excluding steroid dienone is 2. The summed E-state index contributed by atoms with van der Waals surface area (Å²) >= 11 is 0. The van der Waals surface area contributed by atoms with Crippen molar-refractivity contribution in [2.75, 3.05) is 0 Å². The summed E-state index contributed by atoms with van der Waals surface area (Å²) in [7, 11) is -2.66. The van der Waals surface area contributed by atoms with Gasteiger partial charge in [0.1, 0.15) is 0 Å². The molecule has 4 aromatic rings. The van der Waals surface area contributed by atoms with Gasteiger partial charge in [-0.25, -0.2) is 0 Å². The zero-order valence-electron chi connectivity index (χ0n) is 29.2. The average Bonchev–Trinajstić information content (AvgIpc) is 3.04. The van der Waals surface area contributed by atoms with E-state index in [9.17, 15) is 5.26 Å². The Kier molecular flexibility index (Phi) is 9.64. The molecule has 4 aromatic carbocycles. The van der Waals surface area contributed by atoms with Crippen LogP contribution < -0.4 is 10.4 Å². The molecular weight excluding hydrogens is 575 g/mol. The first-order chi connectivity index (χ1) is 21.8. The Hall–Kier alpha value is -3.71. The van der Waals surface area contributed by atoms with E-state index < -0.39 is 8.32 Å². The maximum atomic E-state index is 10.3. The molecule has 5 rings (SSSR count). The predicted octanol–water partition coefficient (Wildman–Crippen LogP) is 10.2. The lowest BCUT2D eigenvalue weighted by molar-refractivity contribution is 0.286. The monoisotopic (exact) mass is 625 g/mol. The number of hydrogen-bond donors (Lipinski definition) is 0. The number of nitriles is 1. The van der Waals surface area contributed by atoms with Crippen molar-refractivity contribution in [3.63, 3.8) is 0 Å². The van der Waals surface area contributed by atoms with Crippen molar-refractivity contribution >= 4 is 24.3 Å². The van der Waals surface area contributed by atoms with Gasteiger partial charge in [0, 0.05) is 0 Å². The molecule has 0 bridgehead atoms. The Labute approximate surface area is 279 Å². The molecule has 1 aliphatic rings. The molecular formula is C43H51NOSi. The van der Waals surface area contributed by atoms with E-state index in [1.807, 2.05) is 0 Å². The molecule has 0 fully saturated rings. The van der Waals surface area contributed by atoms with Crippen molar-refractivity contribution < 1.29 is 4.43 Å². The number of benzene rings is 4. The minimum absolute atomic E-state index is 0.0908. The first kappa shape index (κ1) is 33.6. The van der Waals surface area contributed by atoms with E-state index in [1.165, 1.54) is 45.5 Å². The van der Waals surface area contributed by atoms with Crippen molar-refractivity contribution in [3.05, 3.63) is 137 Å². The minimum Gasteiger partial charge on any atom is -0.403 e. The first-order valence-electron chi connectivity index (χ1n) is 16.8. The lowest BCUT2D eigenvalue weighted by Crippen LogP contribution is -2.66. The highest BCUT2D eigenvalue weighted by Crippen LogP contribution is 2.46. The van der Waals surface area contributed by atoms with Crippen LogP contribution in [0.5, 0.6) is 0 Å². The summed E-state index contributed by atoms with van der Waals surface area (Å²) in [6.45, 7) is 19.1. The van der Waals surface area contributed by atoms with Gasteiger partial charge in [0.2, 0.25) is 0 Å². The van der Waals surface area contributed by atoms with E-state index in [0.29, 0.717) is 13.0 Å². The third-order valence-electron chi connectivity index (χ3n) is 10.3. The molecule has 0 heterocycles. The zero-order valence-corrected chi connectivity index (χ0v) is 30.2. The van der Waals surface area contributed by atoms with Crippen LogP contribution >= 0.6 is 0 Å². The second-order valence-electron chi connectivity index (χ2n) is 15.5. The molecule has 0 amide bonds. The van der Waals surface area contributed by atoms with Crippen molar-refractivity contribution in [2.24, 2.45) is 0 Å². The Morgan fingerprint density at radius 3 is 1.96 bits per heavy atom. The number of rotatable bonds is 9.